The van der Waals surface area contributed by atoms with E-state index in [9.17, 15) is 34.5 Å². The van der Waals surface area contributed by atoms with E-state index in [4.69, 9.17) is 5.11 Å². The van der Waals surface area contributed by atoms with Gasteiger partial charge in [0.05, 0.1) is 6.54 Å². The highest BCUT2D eigenvalue weighted by Crippen LogP contribution is 2.30. The normalized spacial score (nSPS) is 11.0. The minimum atomic E-state index is -1.47. The van der Waals surface area contributed by atoms with E-state index in [0.717, 1.165) is 44.5 Å². The predicted octanol–water partition coefficient (Wildman–Crippen LogP) is 5.52. The molecule has 0 radical (unpaired) electrons. The Labute approximate surface area is 290 Å². The Morgan fingerprint density at radius 2 is 0.961 bits per heavy atom. The van der Waals surface area contributed by atoms with Crippen LogP contribution in [-0.4, -0.2) is 51.5 Å². The van der Waals surface area contributed by atoms with Gasteiger partial charge in [0.1, 0.15) is 11.6 Å². The molecule has 0 bridgehead atoms. The van der Waals surface area contributed by atoms with Crippen molar-refractivity contribution in [3.05, 3.63) is 152 Å². The molecule has 0 amide bonds. The molecule has 0 aliphatic rings. The molecule has 4 aromatic carbocycles. The van der Waals surface area contributed by atoms with Gasteiger partial charge >= 0.3 is 11.9 Å². The lowest BCUT2D eigenvalue weighted by Gasteiger charge is -2.12. The minimum absolute atomic E-state index is 0.114. The maximum atomic E-state index is 12.6. The fraction of sp³-hybridized carbons (Fsp3) is 0.128. The molecule has 0 atom stereocenters. The average molecular weight is 685 g/mol. The maximum Gasteiger partial charge on any atom is 0.358 e. The fourth-order valence-electron chi connectivity index (χ4n) is 5.90. The van der Waals surface area contributed by atoms with E-state index in [1.165, 1.54) is 23.0 Å². The zero-order chi connectivity index (χ0) is 36.4. The van der Waals surface area contributed by atoms with Crippen LogP contribution in [0.3, 0.4) is 0 Å². The van der Waals surface area contributed by atoms with Crippen molar-refractivity contribution in [1.29, 1.82) is 0 Å². The number of hydrogen-bond donors (Lipinski definition) is 4. The summed E-state index contributed by atoms with van der Waals surface area (Å²) in [5.41, 5.74) is 4.81. The molecule has 51 heavy (non-hydrogen) atoms. The van der Waals surface area contributed by atoms with E-state index in [1.54, 1.807) is 0 Å². The number of aromatic carboxylic acids is 2. The number of carbonyl (C=O) groups is 2. The van der Waals surface area contributed by atoms with Gasteiger partial charge in [0, 0.05) is 6.54 Å². The van der Waals surface area contributed by atoms with Gasteiger partial charge in [-0.1, -0.05) is 84.9 Å². The largest absolute Gasteiger partial charge is 0.501 e. The molecule has 256 valence electrons. The van der Waals surface area contributed by atoms with E-state index in [0.29, 0.717) is 6.42 Å². The van der Waals surface area contributed by atoms with Crippen molar-refractivity contribution in [3.8, 4) is 44.9 Å². The van der Waals surface area contributed by atoms with Crippen molar-refractivity contribution >= 4 is 11.9 Å². The lowest BCUT2D eigenvalue weighted by Crippen LogP contribution is -2.27. The summed E-state index contributed by atoms with van der Waals surface area (Å²) in [5, 5.41) is 38.4. The van der Waals surface area contributed by atoms with Crippen LogP contribution < -0.4 is 11.1 Å². The molecule has 0 unspecified atom stereocenters. The fourth-order valence-corrected chi connectivity index (χ4v) is 5.90. The maximum absolute atomic E-state index is 12.6. The zero-order valence-corrected chi connectivity index (χ0v) is 27.6. The zero-order valence-electron chi connectivity index (χ0n) is 27.6. The molecule has 0 aliphatic carbocycles. The van der Waals surface area contributed by atoms with E-state index in [-0.39, 0.29) is 24.7 Å². The van der Waals surface area contributed by atoms with Gasteiger partial charge in [0.15, 0.2) is 11.4 Å². The summed E-state index contributed by atoms with van der Waals surface area (Å²) in [7, 11) is 0. The summed E-state index contributed by atoms with van der Waals surface area (Å²) >= 11 is 0. The lowest BCUT2D eigenvalue weighted by atomic mass is 9.95. The van der Waals surface area contributed by atoms with Gasteiger partial charge < -0.3 is 20.4 Å². The van der Waals surface area contributed by atoms with E-state index >= 15 is 0 Å². The van der Waals surface area contributed by atoms with Crippen molar-refractivity contribution in [1.82, 2.24) is 19.1 Å². The van der Waals surface area contributed by atoms with Crippen molar-refractivity contribution in [2.75, 3.05) is 0 Å². The predicted molar refractivity (Wildman–Crippen MR) is 189 cm³/mol. The Bertz CT molecular complexity index is 2430. The average Bonchev–Trinajstić information content (AvgIpc) is 3.13. The number of hydrogen-bond acceptors (Lipinski definition) is 8. The first kappa shape index (κ1) is 34.1. The lowest BCUT2D eigenvalue weighted by molar-refractivity contribution is 0.0674. The number of rotatable bonds is 10. The van der Waals surface area contributed by atoms with Gasteiger partial charge in [-0.15, -0.1) is 0 Å². The van der Waals surface area contributed by atoms with Crippen LogP contribution in [-0.2, 0) is 19.5 Å². The number of carboxylic acids is 2. The highest BCUT2D eigenvalue weighted by atomic mass is 16.4. The topological polar surface area (TPSA) is 185 Å². The minimum Gasteiger partial charge on any atom is -0.501 e. The summed E-state index contributed by atoms with van der Waals surface area (Å²) in [5.74, 6) is -4.31. The highest BCUT2D eigenvalue weighted by molar-refractivity contribution is 5.88. The molecular weight excluding hydrogens is 652 g/mol. The van der Waals surface area contributed by atoms with Crippen LogP contribution in [0.15, 0.2) is 107 Å². The van der Waals surface area contributed by atoms with E-state index < -0.39 is 45.9 Å². The van der Waals surface area contributed by atoms with Gasteiger partial charge in [-0.05, 0) is 76.9 Å². The van der Waals surface area contributed by atoms with Crippen LogP contribution in [0.4, 0.5) is 0 Å². The standard InChI is InChI=1S/C39H32N4O8/c1-22-40-32(38(48)49)34(44)36(46)42(22)18-17-24-9-13-26(14-10-24)28-5-3-7-30(19-28)31-8-4-6-29(20-31)27-15-11-25(12-16-27)21-43-23(2)41-33(39(50)51)35(45)37(43)47/h3-16,19-20,44-45H,17-18,21H2,1-2H3,(H,48,49)(H,50,51). The van der Waals surface area contributed by atoms with Gasteiger partial charge in [0.25, 0.3) is 11.1 Å². The Balaban J connectivity index is 1.16. The second kappa shape index (κ2) is 14.0. The molecule has 4 N–H and O–H groups in total. The van der Waals surface area contributed by atoms with Crippen LogP contribution in [0.1, 0.15) is 43.8 Å². The Kier molecular flexibility index (Phi) is 9.32. The number of nitrogens with zero attached hydrogens (tertiary/aromatic N) is 4. The first-order valence-corrected chi connectivity index (χ1v) is 15.9. The van der Waals surface area contributed by atoms with Crippen LogP contribution in [0, 0.1) is 13.8 Å². The third-order valence-corrected chi connectivity index (χ3v) is 8.68. The first-order chi connectivity index (χ1) is 24.4. The van der Waals surface area contributed by atoms with Gasteiger partial charge in [-0.3, -0.25) is 18.7 Å². The van der Waals surface area contributed by atoms with Crippen molar-refractivity contribution in [3.63, 3.8) is 0 Å². The van der Waals surface area contributed by atoms with E-state index in [2.05, 4.69) is 22.1 Å². The molecule has 6 rings (SSSR count). The molecule has 2 heterocycles. The summed E-state index contributed by atoms with van der Waals surface area (Å²) in [6.07, 6.45) is 0.473. The smallest absolute Gasteiger partial charge is 0.358 e. The molecule has 0 fully saturated rings. The molecule has 12 heteroatoms. The second-order valence-corrected chi connectivity index (χ2v) is 12.0. The Hall–Kier alpha value is -6.82. The molecule has 0 saturated carbocycles. The van der Waals surface area contributed by atoms with Crippen molar-refractivity contribution < 1.29 is 30.0 Å². The quantitative estimate of drug-likeness (QED) is 0.143. The number of aromatic nitrogens is 4. The second-order valence-electron chi connectivity index (χ2n) is 12.0. The van der Waals surface area contributed by atoms with Crippen molar-refractivity contribution in [2.24, 2.45) is 0 Å². The monoisotopic (exact) mass is 684 g/mol. The SMILES string of the molecule is Cc1nc(C(=O)O)c(O)c(=O)n1CCc1ccc(-c2cccc(-c3cccc(-c4ccc(Cn5c(C)nc(C(=O)O)c(O)c5=O)cc4)c3)c2)cc1. The molecule has 0 saturated heterocycles. The summed E-state index contributed by atoms with van der Waals surface area (Å²) < 4.78 is 2.50. The van der Waals surface area contributed by atoms with Crippen LogP contribution in [0.5, 0.6) is 11.5 Å². The third kappa shape index (κ3) is 7.01. The number of aryl methyl sites for hydroxylation is 3. The Morgan fingerprint density at radius 1 is 0.569 bits per heavy atom. The number of carboxylic acid groups (broad SMARTS) is 2. The Morgan fingerprint density at radius 3 is 1.41 bits per heavy atom. The van der Waals surface area contributed by atoms with Crippen LogP contribution >= 0.6 is 0 Å². The highest BCUT2D eigenvalue weighted by Gasteiger charge is 2.20. The summed E-state index contributed by atoms with van der Waals surface area (Å²) in [6.45, 7) is 3.38. The molecular formula is C39H32N4O8. The van der Waals surface area contributed by atoms with Gasteiger partial charge in [0.2, 0.25) is 11.5 Å². The molecule has 0 spiro atoms. The first-order valence-electron chi connectivity index (χ1n) is 15.9. The molecule has 6 aromatic rings. The number of aromatic hydroxyl groups is 2. The van der Waals surface area contributed by atoms with Crippen LogP contribution in [0.25, 0.3) is 33.4 Å². The molecule has 0 aliphatic heterocycles. The van der Waals surface area contributed by atoms with Crippen LogP contribution in [0.2, 0.25) is 0 Å². The summed E-state index contributed by atoms with van der Waals surface area (Å²) in [4.78, 5) is 55.4. The summed E-state index contributed by atoms with van der Waals surface area (Å²) in [6, 6.07) is 31.8. The molecule has 12 nitrogen and oxygen atoms in total. The van der Waals surface area contributed by atoms with Gasteiger partial charge in [-0.25, -0.2) is 19.6 Å². The molecule has 2 aromatic heterocycles. The third-order valence-electron chi connectivity index (χ3n) is 8.68. The number of benzene rings is 4. The van der Waals surface area contributed by atoms with Gasteiger partial charge in [-0.2, -0.15) is 0 Å². The van der Waals surface area contributed by atoms with Crippen molar-refractivity contribution in [2.45, 2.75) is 33.4 Å². The van der Waals surface area contributed by atoms with E-state index in [1.807, 2.05) is 84.9 Å².